The predicted molar refractivity (Wildman–Crippen MR) is 82.9 cm³/mol. The average Bonchev–Trinajstić information content (AvgIpc) is 2.27. The van der Waals surface area contributed by atoms with E-state index in [-0.39, 0.29) is 29.5 Å². The molecule has 0 aliphatic heterocycles. The van der Waals surface area contributed by atoms with Gasteiger partial charge >= 0.3 is 0 Å². The summed E-state index contributed by atoms with van der Waals surface area (Å²) in [5.74, 6) is 0.106. The molecule has 112 valence electrons. The standard InChI is InChI=1S/C16H26N2O2/c1-10-6-7-13(11(2)15(10)20)18-14(19)8-12(17)9-16(3,4)5/h6-7,12,20H,8-9,17H2,1-5H3,(H,18,19). The van der Waals surface area contributed by atoms with Gasteiger partial charge in [-0.1, -0.05) is 26.8 Å². The number of aryl methyl sites for hydroxylation is 1. The van der Waals surface area contributed by atoms with Crippen LogP contribution in [0.4, 0.5) is 5.69 Å². The first-order valence-electron chi connectivity index (χ1n) is 6.95. The van der Waals surface area contributed by atoms with E-state index in [1.54, 1.807) is 19.1 Å². The Bertz CT molecular complexity index is 490. The summed E-state index contributed by atoms with van der Waals surface area (Å²) in [7, 11) is 0. The Labute approximate surface area is 121 Å². The molecule has 4 nitrogen and oxygen atoms in total. The lowest BCUT2D eigenvalue weighted by molar-refractivity contribution is -0.116. The minimum absolute atomic E-state index is 0.109. The van der Waals surface area contributed by atoms with Gasteiger partial charge in [-0.3, -0.25) is 4.79 Å². The number of rotatable bonds is 4. The molecule has 0 radical (unpaired) electrons. The molecule has 1 unspecified atom stereocenters. The zero-order chi connectivity index (χ0) is 15.5. The van der Waals surface area contributed by atoms with E-state index < -0.39 is 0 Å². The topological polar surface area (TPSA) is 75.4 Å². The first-order chi connectivity index (χ1) is 9.10. The number of benzene rings is 1. The molecule has 0 heterocycles. The lowest BCUT2D eigenvalue weighted by Crippen LogP contribution is -2.31. The number of carbonyl (C=O) groups is 1. The fourth-order valence-corrected chi connectivity index (χ4v) is 2.27. The van der Waals surface area contributed by atoms with Gasteiger partial charge in [0.1, 0.15) is 5.75 Å². The Kier molecular flexibility index (Phi) is 5.17. The van der Waals surface area contributed by atoms with E-state index in [1.165, 1.54) is 0 Å². The molecule has 4 heteroatoms. The maximum atomic E-state index is 12.0. The number of phenols is 1. The SMILES string of the molecule is Cc1ccc(NC(=O)CC(N)CC(C)(C)C)c(C)c1O. The van der Waals surface area contributed by atoms with Crippen LogP contribution in [0.3, 0.4) is 0 Å². The predicted octanol–water partition coefficient (Wildman–Crippen LogP) is 3.10. The van der Waals surface area contributed by atoms with Crippen molar-refractivity contribution in [1.29, 1.82) is 0 Å². The first-order valence-corrected chi connectivity index (χ1v) is 6.95. The number of hydrogen-bond acceptors (Lipinski definition) is 3. The number of carbonyl (C=O) groups excluding carboxylic acids is 1. The molecule has 0 bridgehead atoms. The van der Waals surface area contributed by atoms with Crippen LogP contribution in [0, 0.1) is 19.3 Å². The van der Waals surface area contributed by atoms with Crippen molar-refractivity contribution in [2.45, 2.75) is 53.5 Å². The van der Waals surface area contributed by atoms with Crippen LogP contribution in [0.2, 0.25) is 0 Å². The Hall–Kier alpha value is -1.55. The van der Waals surface area contributed by atoms with E-state index in [4.69, 9.17) is 5.73 Å². The normalized spacial score (nSPS) is 13.1. The fraction of sp³-hybridized carbons (Fsp3) is 0.562. The van der Waals surface area contributed by atoms with Crippen molar-refractivity contribution in [2.75, 3.05) is 5.32 Å². The fourth-order valence-electron chi connectivity index (χ4n) is 2.27. The van der Waals surface area contributed by atoms with Crippen LogP contribution in [0.5, 0.6) is 5.75 Å². The third kappa shape index (κ3) is 4.85. The van der Waals surface area contributed by atoms with Crippen molar-refractivity contribution >= 4 is 11.6 Å². The average molecular weight is 278 g/mol. The third-order valence-corrected chi connectivity index (χ3v) is 3.23. The van der Waals surface area contributed by atoms with Crippen LogP contribution in [0.1, 0.15) is 44.7 Å². The van der Waals surface area contributed by atoms with Crippen LogP contribution in [-0.2, 0) is 4.79 Å². The smallest absolute Gasteiger partial charge is 0.225 e. The Balaban J connectivity index is 2.66. The van der Waals surface area contributed by atoms with Gasteiger partial charge < -0.3 is 16.2 Å². The summed E-state index contributed by atoms with van der Waals surface area (Å²) in [5.41, 5.74) is 8.22. The molecule has 4 N–H and O–H groups in total. The summed E-state index contributed by atoms with van der Waals surface area (Å²) < 4.78 is 0. The molecule has 0 aliphatic rings. The number of nitrogens with two attached hydrogens (primary N) is 1. The number of hydrogen-bond donors (Lipinski definition) is 3. The molecule has 0 fully saturated rings. The van der Waals surface area contributed by atoms with Crippen molar-refractivity contribution in [1.82, 2.24) is 0 Å². The van der Waals surface area contributed by atoms with Gasteiger partial charge in [0, 0.05) is 23.7 Å². The molecular formula is C16H26N2O2. The molecule has 0 spiro atoms. The monoisotopic (exact) mass is 278 g/mol. The van der Waals surface area contributed by atoms with Crippen molar-refractivity contribution in [3.05, 3.63) is 23.3 Å². The molecule has 0 saturated heterocycles. The van der Waals surface area contributed by atoms with Crippen LogP contribution in [-0.4, -0.2) is 17.1 Å². The van der Waals surface area contributed by atoms with Crippen molar-refractivity contribution in [3.63, 3.8) is 0 Å². The molecule has 1 aromatic rings. The van der Waals surface area contributed by atoms with Crippen LogP contribution in [0.15, 0.2) is 12.1 Å². The highest BCUT2D eigenvalue weighted by atomic mass is 16.3. The van der Waals surface area contributed by atoms with E-state index in [2.05, 4.69) is 26.1 Å². The summed E-state index contributed by atoms with van der Waals surface area (Å²) in [5, 5.41) is 12.7. The van der Waals surface area contributed by atoms with E-state index >= 15 is 0 Å². The minimum Gasteiger partial charge on any atom is -0.507 e. The van der Waals surface area contributed by atoms with E-state index in [1.807, 2.05) is 6.92 Å². The molecule has 0 saturated carbocycles. The van der Waals surface area contributed by atoms with Gasteiger partial charge in [0.15, 0.2) is 0 Å². The highest BCUT2D eigenvalue weighted by Gasteiger charge is 2.18. The highest BCUT2D eigenvalue weighted by Crippen LogP contribution is 2.28. The second-order valence-corrected chi connectivity index (χ2v) is 6.68. The maximum absolute atomic E-state index is 12.0. The molecule has 1 atom stereocenters. The van der Waals surface area contributed by atoms with Crippen LogP contribution in [0.25, 0.3) is 0 Å². The molecule has 0 aliphatic carbocycles. The Morgan fingerprint density at radius 3 is 2.50 bits per heavy atom. The maximum Gasteiger partial charge on any atom is 0.225 e. The largest absolute Gasteiger partial charge is 0.507 e. The van der Waals surface area contributed by atoms with Gasteiger partial charge in [-0.2, -0.15) is 0 Å². The Morgan fingerprint density at radius 2 is 1.95 bits per heavy atom. The summed E-state index contributed by atoms with van der Waals surface area (Å²) in [4.78, 5) is 12.0. The third-order valence-electron chi connectivity index (χ3n) is 3.23. The minimum atomic E-state index is -0.158. The van der Waals surface area contributed by atoms with Crippen molar-refractivity contribution < 1.29 is 9.90 Å². The zero-order valence-electron chi connectivity index (χ0n) is 13.1. The molecule has 20 heavy (non-hydrogen) atoms. The number of amides is 1. The van der Waals surface area contributed by atoms with Crippen molar-refractivity contribution in [3.8, 4) is 5.75 Å². The summed E-state index contributed by atoms with van der Waals surface area (Å²) in [6, 6.07) is 3.43. The number of anilines is 1. The zero-order valence-corrected chi connectivity index (χ0v) is 13.1. The molecule has 1 rings (SSSR count). The van der Waals surface area contributed by atoms with E-state index in [9.17, 15) is 9.90 Å². The lowest BCUT2D eigenvalue weighted by Gasteiger charge is -2.22. The summed E-state index contributed by atoms with van der Waals surface area (Å²) in [6.45, 7) is 9.92. The van der Waals surface area contributed by atoms with Crippen LogP contribution >= 0.6 is 0 Å². The number of nitrogens with one attached hydrogen (secondary N) is 1. The molecule has 1 aromatic carbocycles. The van der Waals surface area contributed by atoms with Gasteiger partial charge in [-0.05, 0) is 37.3 Å². The van der Waals surface area contributed by atoms with Crippen LogP contribution < -0.4 is 11.1 Å². The van der Waals surface area contributed by atoms with Gasteiger partial charge in [0.25, 0.3) is 0 Å². The van der Waals surface area contributed by atoms with Crippen molar-refractivity contribution in [2.24, 2.45) is 11.1 Å². The first kappa shape index (κ1) is 16.5. The summed E-state index contributed by atoms with van der Waals surface area (Å²) in [6.07, 6.45) is 1.07. The van der Waals surface area contributed by atoms with E-state index in [0.717, 1.165) is 12.0 Å². The van der Waals surface area contributed by atoms with Gasteiger partial charge in [0.05, 0.1) is 0 Å². The van der Waals surface area contributed by atoms with Gasteiger partial charge in [-0.15, -0.1) is 0 Å². The highest BCUT2D eigenvalue weighted by molar-refractivity contribution is 5.92. The van der Waals surface area contributed by atoms with Gasteiger partial charge in [-0.25, -0.2) is 0 Å². The second-order valence-electron chi connectivity index (χ2n) is 6.68. The Morgan fingerprint density at radius 1 is 1.35 bits per heavy atom. The molecule has 1 amide bonds. The quantitative estimate of drug-likeness (QED) is 0.792. The molecule has 0 aromatic heterocycles. The number of phenolic OH excluding ortho intramolecular Hbond substituents is 1. The second kappa shape index (κ2) is 6.27. The van der Waals surface area contributed by atoms with Gasteiger partial charge in [0.2, 0.25) is 5.91 Å². The molecular weight excluding hydrogens is 252 g/mol. The summed E-state index contributed by atoms with van der Waals surface area (Å²) >= 11 is 0. The van der Waals surface area contributed by atoms with E-state index in [0.29, 0.717) is 11.3 Å². The lowest BCUT2D eigenvalue weighted by atomic mass is 9.87. The number of aromatic hydroxyl groups is 1.